The van der Waals surface area contributed by atoms with Crippen LogP contribution in [-0.4, -0.2) is 22.9 Å². The van der Waals surface area contributed by atoms with Crippen LogP contribution >= 0.6 is 0 Å². The molecule has 0 aliphatic carbocycles. The maximum atomic E-state index is 4.14. The molecule has 1 N–H and O–H groups in total. The zero-order valence-electron chi connectivity index (χ0n) is 9.25. The Morgan fingerprint density at radius 1 is 1.57 bits per heavy atom. The molecule has 0 unspecified atom stereocenters. The molecule has 0 aliphatic heterocycles. The largest absolute Gasteiger partial charge is 0.313 e. The summed E-state index contributed by atoms with van der Waals surface area (Å²) in [6.07, 6.45) is 7.21. The molecule has 0 saturated carbocycles. The number of nitrogens with one attached hydrogen (secondary N) is 1. The maximum absolute atomic E-state index is 4.14. The van der Waals surface area contributed by atoms with Crippen LogP contribution in [0.3, 0.4) is 0 Å². The predicted octanol–water partition coefficient (Wildman–Crippen LogP) is 1.82. The van der Waals surface area contributed by atoms with Gasteiger partial charge in [0, 0.05) is 25.4 Å². The molecule has 14 heavy (non-hydrogen) atoms. The van der Waals surface area contributed by atoms with Crippen LogP contribution in [0.5, 0.6) is 0 Å². The van der Waals surface area contributed by atoms with Crippen molar-refractivity contribution < 1.29 is 0 Å². The zero-order valence-corrected chi connectivity index (χ0v) is 9.25. The van der Waals surface area contributed by atoms with Gasteiger partial charge in [-0.3, -0.25) is 4.68 Å². The van der Waals surface area contributed by atoms with Gasteiger partial charge in [-0.1, -0.05) is 25.5 Å². The lowest BCUT2D eigenvalue weighted by molar-refractivity contribution is 0.761. The zero-order chi connectivity index (χ0) is 10.4. The van der Waals surface area contributed by atoms with E-state index in [1.165, 1.54) is 11.1 Å². The first-order chi connectivity index (χ1) is 6.76. The molecule has 0 amide bonds. The molecule has 0 spiro atoms. The van der Waals surface area contributed by atoms with E-state index < -0.39 is 0 Å². The Labute approximate surface area is 85.8 Å². The highest BCUT2D eigenvalue weighted by atomic mass is 15.2. The van der Waals surface area contributed by atoms with Gasteiger partial charge in [-0.05, 0) is 13.0 Å². The minimum absolute atomic E-state index is 0.974. The van der Waals surface area contributed by atoms with E-state index in [2.05, 4.69) is 30.3 Å². The number of nitrogens with zero attached hydrogens (tertiary/aromatic N) is 2. The van der Waals surface area contributed by atoms with Gasteiger partial charge in [-0.15, -0.1) is 0 Å². The van der Waals surface area contributed by atoms with Crippen molar-refractivity contribution in [1.82, 2.24) is 15.1 Å². The summed E-state index contributed by atoms with van der Waals surface area (Å²) in [6, 6.07) is 0. The molecular weight excluding hydrogens is 174 g/mol. The Balaban J connectivity index is 2.63. The van der Waals surface area contributed by atoms with Crippen LogP contribution in [0.2, 0.25) is 0 Å². The Hall–Kier alpha value is -1.09. The molecule has 0 bridgehead atoms. The van der Waals surface area contributed by atoms with Gasteiger partial charge in [0.25, 0.3) is 0 Å². The minimum Gasteiger partial charge on any atom is -0.313 e. The lowest BCUT2D eigenvalue weighted by Gasteiger charge is -2.03. The van der Waals surface area contributed by atoms with Gasteiger partial charge in [0.2, 0.25) is 0 Å². The van der Waals surface area contributed by atoms with Gasteiger partial charge in [0.05, 0.1) is 6.20 Å². The minimum atomic E-state index is 0.974. The van der Waals surface area contributed by atoms with Gasteiger partial charge in [0.1, 0.15) is 0 Å². The van der Waals surface area contributed by atoms with Crippen LogP contribution in [0, 0.1) is 0 Å². The highest BCUT2D eigenvalue weighted by Crippen LogP contribution is 2.07. The van der Waals surface area contributed by atoms with E-state index in [-0.39, 0.29) is 0 Å². The topological polar surface area (TPSA) is 29.9 Å². The molecule has 0 aliphatic rings. The number of aromatic nitrogens is 2. The van der Waals surface area contributed by atoms with Gasteiger partial charge < -0.3 is 5.32 Å². The molecule has 1 rings (SSSR count). The fourth-order valence-electron chi connectivity index (χ4n) is 1.31. The number of rotatable bonds is 5. The van der Waals surface area contributed by atoms with Gasteiger partial charge in [0.15, 0.2) is 0 Å². The van der Waals surface area contributed by atoms with Crippen molar-refractivity contribution in [2.75, 3.05) is 13.1 Å². The Morgan fingerprint density at radius 3 is 2.86 bits per heavy atom. The number of aryl methyl sites for hydroxylation is 1. The molecule has 3 heteroatoms. The monoisotopic (exact) mass is 193 g/mol. The van der Waals surface area contributed by atoms with E-state index in [1.807, 2.05) is 24.1 Å². The summed E-state index contributed by atoms with van der Waals surface area (Å²) in [4.78, 5) is 0. The smallest absolute Gasteiger partial charge is 0.0562 e. The van der Waals surface area contributed by atoms with Crippen molar-refractivity contribution in [3.8, 4) is 0 Å². The summed E-state index contributed by atoms with van der Waals surface area (Å²) in [6.45, 7) is 6.29. The van der Waals surface area contributed by atoms with Crippen molar-refractivity contribution in [2.45, 2.75) is 20.3 Å². The van der Waals surface area contributed by atoms with Crippen LogP contribution in [0.25, 0.3) is 6.08 Å². The Kier molecular flexibility index (Phi) is 4.40. The molecule has 0 saturated heterocycles. The van der Waals surface area contributed by atoms with Crippen molar-refractivity contribution in [3.05, 3.63) is 23.5 Å². The van der Waals surface area contributed by atoms with Crippen LogP contribution in [0.15, 0.2) is 18.0 Å². The quantitative estimate of drug-likeness (QED) is 0.773. The van der Waals surface area contributed by atoms with Gasteiger partial charge >= 0.3 is 0 Å². The highest BCUT2D eigenvalue weighted by Gasteiger charge is 1.96. The van der Waals surface area contributed by atoms with E-state index in [4.69, 9.17) is 0 Å². The van der Waals surface area contributed by atoms with Crippen LogP contribution in [-0.2, 0) is 7.05 Å². The lowest BCUT2D eigenvalue weighted by Crippen LogP contribution is -2.15. The summed E-state index contributed by atoms with van der Waals surface area (Å²) in [5, 5.41) is 7.47. The van der Waals surface area contributed by atoms with E-state index in [0.29, 0.717) is 0 Å². The molecule has 1 aromatic rings. The van der Waals surface area contributed by atoms with Crippen molar-refractivity contribution in [3.63, 3.8) is 0 Å². The maximum Gasteiger partial charge on any atom is 0.0562 e. The average molecular weight is 193 g/mol. The number of hydrogen-bond acceptors (Lipinski definition) is 2. The van der Waals surface area contributed by atoms with Crippen LogP contribution in [0.4, 0.5) is 0 Å². The van der Waals surface area contributed by atoms with Crippen molar-refractivity contribution >= 4 is 6.08 Å². The normalized spacial score (nSPS) is 12.1. The fourth-order valence-corrected chi connectivity index (χ4v) is 1.31. The first-order valence-electron chi connectivity index (χ1n) is 5.15. The molecule has 78 valence electrons. The second-order valence-electron chi connectivity index (χ2n) is 3.38. The van der Waals surface area contributed by atoms with Crippen molar-refractivity contribution in [2.24, 2.45) is 7.05 Å². The summed E-state index contributed by atoms with van der Waals surface area (Å²) in [7, 11) is 1.94. The molecule has 0 aromatic carbocycles. The molecule has 1 aromatic heterocycles. The lowest BCUT2D eigenvalue weighted by atomic mass is 10.1. The summed E-state index contributed by atoms with van der Waals surface area (Å²) in [5.74, 6) is 0. The third-order valence-electron chi connectivity index (χ3n) is 2.15. The Bertz CT molecular complexity index is 299. The van der Waals surface area contributed by atoms with E-state index in [1.54, 1.807) is 0 Å². The van der Waals surface area contributed by atoms with Gasteiger partial charge in [-0.2, -0.15) is 5.10 Å². The molecular formula is C11H19N3. The average Bonchev–Trinajstić information content (AvgIpc) is 2.58. The molecule has 3 nitrogen and oxygen atoms in total. The van der Waals surface area contributed by atoms with Crippen molar-refractivity contribution in [1.29, 1.82) is 0 Å². The second kappa shape index (κ2) is 5.60. The van der Waals surface area contributed by atoms with Crippen LogP contribution < -0.4 is 5.32 Å². The number of hydrogen-bond donors (Lipinski definition) is 1. The summed E-state index contributed by atoms with van der Waals surface area (Å²) in [5.41, 5.74) is 2.60. The molecule has 0 fully saturated rings. The third kappa shape index (κ3) is 3.34. The standard InChI is InChI=1S/C11H19N3/c1-4-10(7-12-5-2)6-11-8-13-14(3)9-11/h6,8-9,12H,4-5,7H2,1-3H3. The van der Waals surface area contributed by atoms with E-state index in [9.17, 15) is 0 Å². The number of likely N-dealkylation sites (N-methyl/N-ethyl adjacent to an activating group) is 1. The SMILES string of the molecule is CCNCC(=Cc1cnn(C)c1)CC. The first kappa shape index (κ1) is 11.0. The van der Waals surface area contributed by atoms with E-state index in [0.717, 1.165) is 19.5 Å². The highest BCUT2D eigenvalue weighted by molar-refractivity contribution is 5.51. The fraction of sp³-hybridized carbons (Fsp3) is 0.545. The predicted molar refractivity (Wildman–Crippen MR) is 60.0 cm³/mol. The first-order valence-corrected chi connectivity index (χ1v) is 5.15. The van der Waals surface area contributed by atoms with Gasteiger partial charge in [-0.25, -0.2) is 0 Å². The van der Waals surface area contributed by atoms with E-state index >= 15 is 0 Å². The molecule has 0 radical (unpaired) electrons. The summed E-state index contributed by atoms with van der Waals surface area (Å²) >= 11 is 0. The molecule has 0 atom stereocenters. The second-order valence-corrected chi connectivity index (χ2v) is 3.38. The van der Waals surface area contributed by atoms with Crippen LogP contribution in [0.1, 0.15) is 25.8 Å². The Morgan fingerprint density at radius 2 is 2.36 bits per heavy atom. The third-order valence-corrected chi connectivity index (χ3v) is 2.15. The summed E-state index contributed by atoms with van der Waals surface area (Å²) < 4.78 is 1.83. The molecule has 1 heterocycles.